The lowest BCUT2D eigenvalue weighted by Crippen LogP contribution is -2.45. The summed E-state index contributed by atoms with van der Waals surface area (Å²) in [6.45, 7) is 0. The number of nitrogens with zero attached hydrogens (tertiary/aromatic N) is 1. The molecule has 0 unspecified atom stereocenters. The third-order valence-electron chi connectivity index (χ3n) is 4.22. The molecule has 0 aromatic heterocycles. The summed E-state index contributed by atoms with van der Waals surface area (Å²) in [6, 6.07) is 10.6. The second kappa shape index (κ2) is 4.13. The lowest BCUT2D eigenvalue weighted by atomic mass is 9.72. The fourth-order valence-electron chi connectivity index (χ4n) is 3.19. The molecule has 3 heteroatoms. The van der Waals surface area contributed by atoms with Crippen LogP contribution < -0.4 is 0 Å². The zero-order chi connectivity index (χ0) is 11.8. The largest absolute Gasteiger partial charge is 0.388 e. The van der Waals surface area contributed by atoms with E-state index in [1.807, 2.05) is 6.21 Å². The van der Waals surface area contributed by atoms with Gasteiger partial charge in [-0.3, -0.25) is 0 Å². The smallest absolute Gasteiger partial charge is 0.158 e. The SMILES string of the molecule is BrC[C@]12CCC[C@@]1(Cc1ccccc1)C=NO2. The molecule has 2 nitrogen and oxygen atoms in total. The normalized spacial score (nSPS) is 34.6. The predicted molar refractivity (Wildman–Crippen MR) is 72.5 cm³/mol. The molecule has 1 heterocycles. The van der Waals surface area contributed by atoms with Crippen LogP contribution in [-0.2, 0) is 11.3 Å². The zero-order valence-corrected chi connectivity index (χ0v) is 11.3. The van der Waals surface area contributed by atoms with Gasteiger partial charge in [-0.1, -0.05) is 51.4 Å². The fourth-order valence-corrected chi connectivity index (χ4v) is 4.13. The lowest BCUT2D eigenvalue weighted by molar-refractivity contribution is -0.0445. The second-order valence-corrected chi connectivity index (χ2v) is 5.69. The van der Waals surface area contributed by atoms with E-state index in [9.17, 15) is 0 Å². The maximum absolute atomic E-state index is 5.71. The molecule has 1 saturated carbocycles. The first-order valence-electron chi connectivity index (χ1n) is 6.13. The Hall–Kier alpha value is -0.830. The van der Waals surface area contributed by atoms with Crippen molar-refractivity contribution < 1.29 is 4.84 Å². The minimum absolute atomic E-state index is 0.0951. The van der Waals surface area contributed by atoms with Crippen LogP contribution in [0.1, 0.15) is 24.8 Å². The summed E-state index contributed by atoms with van der Waals surface area (Å²) in [6.07, 6.45) is 6.59. The van der Waals surface area contributed by atoms with E-state index in [1.165, 1.54) is 18.4 Å². The van der Waals surface area contributed by atoms with Gasteiger partial charge in [0.1, 0.15) is 0 Å². The van der Waals surface area contributed by atoms with Crippen molar-refractivity contribution in [3.63, 3.8) is 0 Å². The van der Waals surface area contributed by atoms with Gasteiger partial charge in [0.25, 0.3) is 0 Å². The van der Waals surface area contributed by atoms with E-state index in [4.69, 9.17) is 4.84 Å². The molecular formula is C14H16BrNO. The minimum Gasteiger partial charge on any atom is -0.388 e. The monoisotopic (exact) mass is 293 g/mol. The third-order valence-corrected chi connectivity index (χ3v) is 5.12. The molecule has 2 aliphatic rings. The molecule has 0 N–H and O–H groups in total. The van der Waals surface area contributed by atoms with Crippen molar-refractivity contribution in [1.29, 1.82) is 0 Å². The van der Waals surface area contributed by atoms with Crippen LogP contribution in [0.3, 0.4) is 0 Å². The highest BCUT2D eigenvalue weighted by atomic mass is 79.9. The lowest BCUT2D eigenvalue weighted by Gasteiger charge is -2.35. The molecule has 1 aromatic carbocycles. The molecular weight excluding hydrogens is 278 g/mol. The molecule has 0 bridgehead atoms. The van der Waals surface area contributed by atoms with Crippen LogP contribution in [0.25, 0.3) is 0 Å². The number of halogens is 1. The van der Waals surface area contributed by atoms with Crippen LogP contribution in [0, 0.1) is 5.41 Å². The summed E-state index contributed by atoms with van der Waals surface area (Å²) in [5, 5.41) is 4.99. The zero-order valence-electron chi connectivity index (χ0n) is 9.73. The van der Waals surface area contributed by atoms with Gasteiger partial charge in [0.05, 0.1) is 11.6 Å². The van der Waals surface area contributed by atoms with Gasteiger partial charge >= 0.3 is 0 Å². The van der Waals surface area contributed by atoms with Crippen molar-refractivity contribution in [2.75, 3.05) is 5.33 Å². The van der Waals surface area contributed by atoms with E-state index in [0.717, 1.165) is 18.2 Å². The average molecular weight is 294 g/mol. The molecule has 1 aromatic rings. The number of rotatable bonds is 3. The molecule has 1 fully saturated rings. The van der Waals surface area contributed by atoms with Crippen LogP contribution in [0.4, 0.5) is 0 Å². The van der Waals surface area contributed by atoms with Crippen molar-refractivity contribution in [2.24, 2.45) is 10.6 Å². The predicted octanol–water partition coefficient (Wildman–Crippen LogP) is 3.55. The first kappa shape index (κ1) is 11.3. The van der Waals surface area contributed by atoms with Crippen LogP contribution in [0.5, 0.6) is 0 Å². The van der Waals surface area contributed by atoms with Crippen LogP contribution >= 0.6 is 15.9 Å². The third kappa shape index (κ3) is 1.63. The summed E-state index contributed by atoms with van der Waals surface area (Å²) in [7, 11) is 0. The number of fused-ring (bicyclic) bond motifs is 1. The highest BCUT2D eigenvalue weighted by Crippen LogP contribution is 2.53. The van der Waals surface area contributed by atoms with E-state index in [1.54, 1.807) is 0 Å². The first-order chi connectivity index (χ1) is 8.30. The maximum Gasteiger partial charge on any atom is 0.158 e. The summed E-state index contributed by atoms with van der Waals surface area (Å²) >= 11 is 3.62. The number of hydrogen-bond donors (Lipinski definition) is 0. The van der Waals surface area contributed by atoms with E-state index in [0.29, 0.717) is 0 Å². The Morgan fingerprint density at radius 1 is 1.24 bits per heavy atom. The minimum atomic E-state index is -0.108. The van der Waals surface area contributed by atoms with Crippen molar-refractivity contribution >= 4 is 22.1 Å². The quantitative estimate of drug-likeness (QED) is 0.781. The standard InChI is InChI=1S/C14H16BrNO/c15-10-14-8-4-7-13(14,11-16-17-14)9-12-5-2-1-3-6-12/h1-3,5-6,11H,4,7-10H2/t13-,14-/m1/s1. The summed E-state index contributed by atoms with van der Waals surface area (Å²) in [4.78, 5) is 5.71. The van der Waals surface area contributed by atoms with Crippen molar-refractivity contribution in [1.82, 2.24) is 0 Å². The van der Waals surface area contributed by atoms with Gasteiger partial charge in [-0.15, -0.1) is 0 Å². The molecule has 90 valence electrons. The number of benzene rings is 1. The molecule has 2 atom stereocenters. The molecule has 1 aliphatic heterocycles. The highest BCUT2D eigenvalue weighted by molar-refractivity contribution is 9.09. The Morgan fingerprint density at radius 2 is 2.06 bits per heavy atom. The molecule has 17 heavy (non-hydrogen) atoms. The number of oxime groups is 1. The van der Waals surface area contributed by atoms with Crippen molar-refractivity contribution in [3.05, 3.63) is 35.9 Å². The van der Waals surface area contributed by atoms with Crippen LogP contribution in [-0.4, -0.2) is 17.1 Å². The Morgan fingerprint density at radius 3 is 2.82 bits per heavy atom. The molecule has 0 radical (unpaired) electrons. The summed E-state index contributed by atoms with van der Waals surface area (Å²) in [5.41, 5.74) is 1.36. The van der Waals surface area contributed by atoms with Gasteiger partial charge in [0.15, 0.2) is 5.60 Å². The Balaban J connectivity index is 1.92. The van der Waals surface area contributed by atoms with E-state index in [-0.39, 0.29) is 11.0 Å². The van der Waals surface area contributed by atoms with Gasteiger partial charge in [-0.05, 0) is 31.2 Å². The molecule has 0 saturated heterocycles. The van der Waals surface area contributed by atoms with Gasteiger partial charge < -0.3 is 4.84 Å². The first-order valence-corrected chi connectivity index (χ1v) is 7.25. The van der Waals surface area contributed by atoms with Crippen LogP contribution in [0.15, 0.2) is 35.5 Å². The molecule has 3 rings (SSSR count). The van der Waals surface area contributed by atoms with E-state index >= 15 is 0 Å². The Bertz CT molecular complexity index is 433. The topological polar surface area (TPSA) is 21.6 Å². The fraction of sp³-hybridized carbons (Fsp3) is 0.500. The Kier molecular flexibility index (Phi) is 2.74. The van der Waals surface area contributed by atoms with E-state index < -0.39 is 0 Å². The number of hydrogen-bond acceptors (Lipinski definition) is 2. The van der Waals surface area contributed by atoms with Gasteiger partial charge in [-0.25, -0.2) is 0 Å². The molecule has 1 aliphatic carbocycles. The number of alkyl halides is 1. The summed E-state index contributed by atoms with van der Waals surface area (Å²) < 4.78 is 0. The van der Waals surface area contributed by atoms with Gasteiger partial charge in [0, 0.05) is 5.33 Å². The molecule has 0 spiro atoms. The van der Waals surface area contributed by atoms with E-state index in [2.05, 4.69) is 51.4 Å². The van der Waals surface area contributed by atoms with Gasteiger partial charge in [0.2, 0.25) is 0 Å². The molecule has 0 amide bonds. The Labute approximate surface area is 110 Å². The van der Waals surface area contributed by atoms with Gasteiger partial charge in [-0.2, -0.15) is 0 Å². The van der Waals surface area contributed by atoms with Crippen LogP contribution in [0.2, 0.25) is 0 Å². The second-order valence-electron chi connectivity index (χ2n) is 5.13. The summed E-state index contributed by atoms with van der Waals surface area (Å²) in [5.74, 6) is 0. The van der Waals surface area contributed by atoms with Crippen molar-refractivity contribution in [2.45, 2.75) is 31.3 Å². The highest BCUT2D eigenvalue weighted by Gasteiger charge is 2.58. The van der Waals surface area contributed by atoms with Crippen molar-refractivity contribution in [3.8, 4) is 0 Å². The maximum atomic E-state index is 5.71. The average Bonchev–Trinajstić information content (AvgIpc) is 2.85.